The van der Waals surface area contributed by atoms with Gasteiger partial charge in [0.15, 0.2) is 0 Å². The summed E-state index contributed by atoms with van der Waals surface area (Å²) in [6, 6.07) is 0.365. The largest absolute Gasteiger partial charge is 0.383 e. The number of aromatic nitrogens is 2. The Bertz CT molecular complexity index is 726. The molecule has 0 aromatic carbocycles. The van der Waals surface area contributed by atoms with Crippen LogP contribution in [0.1, 0.15) is 37.9 Å². The average molecular weight is 419 g/mol. The van der Waals surface area contributed by atoms with Gasteiger partial charge in [-0.2, -0.15) is 0 Å². The van der Waals surface area contributed by atoms with Crippen molar-refractivity contribution in [3.8, 4) is 0 Å². The summed E-state index contributed by atoms with van der Waals surface area (Å²) in [5, 5.41) is 3.13. The van der Waals surface area contributed by atoms with Gasteiger partial charge in [-0.25, -0.2) is 4.98 Å². The van der Waals surface area contributed by atoms with Crippen molar-refractivity contribution in [1.29, 1.82) is 0 Å². The van der Waals surface area contributed by atoms with Gasteiger partial charge in [-0.15, -0.1) is 0 Å². The highest BCUT2D eigenvalue weighted by atomic mass is 16.5. The number of fused-ring (bicyclic) bond motifs is 1. The van der Waals surface area contributed by atoms with Gasteiger partial charge < -0.3 is 19.9 Å². The summed E-state index contributed by atoms with van der Waals surface area (Å²) in [6.07, 6.45) is 7.84. The quantitative estimate of drug-likeness (QED) is 0.657. The summed E-state index contributed by atoms with van der Waals surface area (Å²) < 4.78 is 5.28. The van der Waals surface area contributed by atoms with E-state index in [9.17, 15) is 9.59 Å². The van der Waals surface area contributed by atoms with E-state index in [-0.39, 0.29) is 36.0 Å². The van der Waals surface area contributed by atoms with Crippen molar-refractivity contribution in [1.82, 2.24) is 30.0 Å². The van der Waals surface area contributed by atoms with E-state index in [1.54, 1.807) is 13.3 Å². The van der Waals surface area contributed by atoms with Crippen LogP contribution in [0.2, 0.25) is 0 Å². The lowest BCUT2D eigenvalue weighted by Gasteiger charge is -2.33. The molecular weight excluding hydrogens is 384 g/mol. The van der Waals surface area contributed by atoms with Crippen molar-refractivity contribution in [3.63, 3.8) is 0 Å². The van der Waals surface area contributed by atoms with E-state index in [1.807, 2.05) is 11.1 Å². The highest BCUT2D eigenvalue weighted by Gasteiger charge is 2.45. The monoisotopic (exact) mass is 418 g/mol. The van der Waals surface area contributed by atoms with Gasteiger partial charge >= 0.3 is 0 Å². The fraction of sp³-hybridized carbons (Fsp3) is 0.762. The lowest BCUT2D eigenvalue weighted by Crippen LogP contribution is -2.49. The number of carbonyl (C=O) groups is 2. The van der Waals surface area contributed by atoms with Gasteiger partial charge in [-0.1, -0.05) is 0 Å². The molecule has 2 N–H and O–H groups in total. The molecule has 9 heteroatoms. The van der Waals surface area contributed by atoms with Crippen LogP contribution in [0.15, 0.2) is 12.4 Å². The topological polar surface area (TPSA) is 93.8 Å². The minimum atomic E-state index is -0.175. The number of nitrogens with zero attached hydrogens (tertiary/aromatic N) is 4. The summed E-state index contributed by atoms with van der Waals surface area (Å²) >= 11 is 0. The summed E-state index contributed by atoms with van der Waals surface area (Å²) in [7, 11) is 3.80. The van der Waals surface area contributed by atoms with Crippen molar-refractivity contribution in [2.75, 3.05) is 40.4 Å². The van der Waals surface area contributed by atoms with Crippen molar-refractivity contribution in [3.05, 3.63) is 18.2 Å². The Hall–Kier alpha value is -1.97. The Balaban J connectivity index is 1.36. The van der Waals surface area contributed by atoms with Crippen molar-refractivity contribution >= 4 is 11.8 Å². The van der Waals surface area contributed by atoms with Crippen LogP contribution in [0.5, 0.6) is 0 Å². The highest BCUT2D eigenvalue weighted by Crippen LogP contribution is 2.28. The molecule has 4 atom stereocenters. The number of likely N-dealkylation sites (tertiary alicyclic amines) is 2. The lowest BCUT2D eigenvalue weighted by atomic mass is 10.0. The fourth-order valence-corrected chi connectivity index (χ4v) is 5.37. The molecule has 2 amide bonds. The first-order chi connectivity index (χ1) is 14.6. The molecule has 0 saturated carbocycles. The first-order valence-corrected chi connectivity index (χ1v) is 11.1. The molecule has 3 aliphatic rings. The first-order valence-electron chi connectivity index (χ1n) is 11.1. The van der Waals surface area contributed by atoms with E-state index in [1.165, 1.54) is 0 Å². The van der Waals surface area contributed by atoms with Gasteiger partial charge in [-0.3, -0.25) is 19.4 Å². The zero-order valence-electron chi connectivity index (χ0n) is 18.0. The number of aromatic amines is 1. The Morgan fingerprint density at radius 3 is 2.93 bits per heavy atom. The van der Waals surface area contributed by atoms with E-state index in [4.69, 9.17) is 4.74 Å². The number of methoxy groups -OCH3 is 1. The van der Waals surface area contributed by atoms with E-state index in [2.05, 4.69) is 32.1 Å². The Morgan fingerprint density at radius 2 is 2.17 bits per heavy atom. The average Bonchev–Trinajstić information content (AvgIpc) is 3.47. The molecule has 3 saturated heterocycles. The summed E-state index contributed by atoms with van der Waals surface area (Å²) in [5.41, 5.74) is 0. The van der Waals surface area contributed by atoms with Crippen molar-refractivity contribution < 1.29 is 14.3 Å². The summed E-state index contributed by atoms with van der Waals surface area (Å²) in [4.78, 5) is 39.7. The SMILES string of the molecule is COC[C@H]1CCCN1C(=O)CC[C@H]1CNC(=O)[C@@H]2[C@@H](CCN2Cc2ncc[nH]2)N1C. The van der Waals surface area contributed by atoms with Gasteiger partial charge in [0, 0.05) is 57.6 Å². The minimum Gasteiger partial charge on any atom is -0.383 e. The standard InChI is InChI=1S/C21H34N6O3/c1-25-15(5-6-19(28)27-10-3-4-16(27)14-30-2)12-24-21(29)20-17(25)7-11-26(20)13-18-22-8-9-23-18/h8-9,15-17,20H,3-7,10-14H2,1-2H3,(H,22,23)(H,24,29)/t15-,16+,17+,20-/m0/s1. The first kappa shape index (κ1) is 21.3. The van der Waals surface area contributed by atoms with Crippen LogP contribution in [-0.2, 0) is 20.9 Å². The van der Waals surface area contributed by atoms with Gasteiger partial charge in [-0.05, 0) is 32.7 Å². The van der Waals surface area contributed by atoms with E-state index in [0.717, 1.165) is 44.6 Å². The van der Waals surface area contributed by atoms with Crippen LogP contribution in [0.25, 0.3) is 0 Å². The van der Waals surface area contributed by atoms with Gasteiger partial charge in [0.1, 0.15) is 11.9 Å². The second-order valence-electron chi connectivity index (χ2n) is 8.75. The van der Waals surface area contributed by atoms with Crippen molar-refractivity contribution in [2.24, 2.45) is 0 Å². The van der Waals surface area contributed by atoms with Crippen LogP contribution < -0.4 is 5.32 Å². The van der Waals surface area contributed by atoms with Gasteiger partial charge in [0.2, 0.25) is 11.8 Å². The third-order valence-corrected chi connectivity index (χ3v) is 7.01. The summed E-state index contributed by atoms with van der Waals surface area (Å²) in [6.45, 7) is 3.54. The second-order valence-corrected chi connectivity index (χ2v) is 8.75. The van der Waals surface area contributed by atoms with Crippen LogP contribution in [-0.4, -0.2) is 101 Å². The van der Waals surface area contributed by atoms with Crippen LogP contribution in [0, 0.1) is 0 Å². The zero-order valence-corrected chi connectivity index (χ0v) is 18.0. The molecule has 0 radical (unpaired) electrons. The number of H-pyrrole nitrogens is 1. The molecule has 1 aromatic heterocycles. The van der Waals surface area contributed by atoms with Gasteiger partial charge in [0.25, 0.3) is 0 Å². The van der Waals surface area contributed by atoms with Crippen LogP contribution in [0.4, 0.5) is 0 Å². The molecule has 4 heterocycles. The Kier molecular flexibility index (Phi) is 6.70. The number of hydrogen-bond donors (Lipinski definition) is 2. The third kappa shape index (κ3) is 4.38. The molecule has 0 bridgehead atoms. The number of ether oxygens (including phenoxy) is 1. The predicted molar refractivity (Wildman–Crippen MR) is 112 cm³/mol. The molecule has 0 unspecified atom stereocenters. The summed E-state index contributed by atoms with van der Waals surface area (Å²) in [5.74, 6) is 1.18. The maximum absolute atomic E-state index is 12.9. The number of nitrogens with one attached hydrogen (secondary N) is 2. The lowest BCUT2D eigenvalue weighted by molar-refractivity contribution is -0.133. The maximum atomic E-state index is 12.9. The van der Waals surface area contributed by atoms with Gasteiger partial charge in [0.05, 0.1) is 19.2 Å². The van der Waals surface area contributed by atoms with Crippen LogP contribution >= 0.6 is 0 Å². The zero-order chi connectivity index (χ0) is 21.1. The molecule has 30 heavy (non-hydrogen) atoms. The molecular formula is C21H34N6O3. The Morgan fingerprint density at radius 1 is 1.30 bits per heavy atom. The molecule has 1 aromatic rings. The highest BCUT2D eigenvalue weighted by molar-refractivity contribution is 5.83. The molecule has 4 rings (SSSR count). The molecule has 166 valence electrons. The second kappa shape index (κ2) is 9.45. The molecule has 0 spiro atoms. The van der Waals surface area contributed by atoms with E-state index in [0.29, 0.717) is 26.1 Å². The fourth-order valence-electron chi connectivity index (χ4n) is 5.37. The number of amides is 2. The number of imidazole rings is 1. The predicted octanol–water partition coefficient (Wildman–Crippen LogP) is 0.200. The van der Waals surface area contributed by atoms with E-state index < -0.39 is 0 Å². The molecule has 9 nitrogen and oxygen atoms in total. The number of rotatable bonds is 7. The number of carbonyl (C=O) groups excluding carboxylic acids is 2. The van der Waals surface area contributed by atoms with E-state index >= 15 is 0 Å². The van der Waals surface area contributed by atoms with Crippen molar-refractivity contribution in [2.45, 2.75) is 62.8 Å². The van der Waals surface area contributed by atoms with Crippen LogP contribution in [0.3, 0.4) is 0 Å². The maximum Gasteiger partial charge on any atom is 0.239 e. The normalized spacial score (nSPS) is 30.3. The molecule has 0 aliphatic carbocycles. The molecule has 3 aliphatic heterocycles. The smallest absolute Gasteiger partial charge is 0.239 e. The minimum absolute atomic E-state index is 0.0874. The number of likely N-dealkylation sites (N-methyl/N-ethyl adjacent to an activating group) is 1. The number of hydrogen-bond acceptors (Lipinski definition) is 6. The Labute approximate surface area is 178 Å². The molecule has 3 fully saturated rings. The third-order valence-electron chi connectivity index (χ3n) is 7.01.